The highest BCUT2D eigenvalue weighted by molar-refractivity contribution is 6.49. The number of carbonyl (C=O) groups is 2. The van der Waals surface area contributed by atoms with E-state index in [4.69, 9.17) is 0 Å². The molecule has 4 nitrogen and oxygen atoms in total. The summed E-state index contributed by atoms with van der Waals surface area (Å²) in [5.74, 6) is -0.932. The van der Waals surface area contributed by atoms with Crippen LogP contribution in [0.2, 0.25) is 0 Å². The molecule has 2 aromatic carbocycles. The monoisotopic (exact) mass is 304 g/mol. The van der Waals surface area contributed by atoms with E-state index in [1.807, 2.05) is 55.5 Å². The topological polar surface area (TPSA) is 53.2 Å². The summed E-state index contributed by atoms with van der Waals surface area (Å²) < 4.78 is 0. The van der Waals surface area contributed by atoms with Gasteiger partial charge in [0.2, 0.25) is 0 Å². The van der Waals surface area contributed by atoms with Crippen molar-refractivity contribution in [3.05, 3.63) is 65.9 Å². The van der Waals surface area contributed by atoms with Gasteiger partial charge in [-0.05, 0) is 31.0 Å². The van der Waals surface area contributed by atoms with Crippen LogP contribution in [-0.4, -0.2) is 22.7 Å². The number of ketones is 1. The van der Waals surface area contributed by atoms with Crippen LogP contribution in [0.15, 0.2) is 54.7 Å². The molecule has 0 bridgehead atoms. The second-order valence-electron chi connectivity index (χ2n) is 5.93. The first-order valence-corrected chi connectivity index (χ1v) is 7.68. The Labute approximate surface area is 133 Å². The Morgan fingerprint density at radius 2 is 1.83 bits per heavy atom. The first-order chi connectivity index (χ1) is 11.2. The molecular formula is C19H16N2O2. The van der Waals surface area contributed by atoms with Gasteiger partial charge in [0.25, 0.3) is 11.7 Å². The number of aromatic nitrogens is 1. The molecule has 2 heterocycles. The molecule has 114 valence electrons. The van der Waals surface area contributed by atoms with Crippen LogP contribution in [0, 0.1) is 0 Å². The van der Waals surface area contributed by atoms with Gasteiger partial charge in [0.1, 0.15) is 0 Å². The minimum absolute atomic E-state index is 0.00550. The minimum Gasteiger partial charge on any atom is -0.360 e. The highest BCUT2D eigenvalue weighted by Gasteiger charge is 2.35. The highest BCUT2D eigenvalue weighted by Crippen LogP contribution is 2.32. The maximum atomic E-state index is 12.8. The van der Waals surface area contributed by atoms with E-state index in [1.54, 1.807) is 11.1 Å². The Bertz CT molecular complexity index is 926. The standard InChI is InChI=1S/C19H16N2O2/c1-12-10-13-6-2-5-9-17(13)21(12)19(23)18(22)15-11-20-16-8-4-3-7-14(15)16/h2-9,11-12,20H,10H2,1H3. The highest BCUT2D eigenvalue weighted by atomic mass is 16.2. The number of para-hydroxylation sites is 2. The quantitative estimate of drug-likeness (QED) is 0.583. The van der Waals surface area contributed by atoms with Crippen LogP contribution in [-0.2, 0) is 11.2 Å². The molecule has 0 spiro atoms. The fourth-order valence-electron chi connectivity index (χ4n) is 3.36. The molecule has 0 aliphatic carbocycles. The molecular weight excluding hydrogens is 288 g/mol. The molecule has 0 saturated carbocycles. The van der Waals surface area contributed by atoms with Crippen molar-refractivity contribution in [2.24, 2.45) is 0 Å². The van der Waals surface area contributed by atoms with Gasteiger partial charge in [0, 0.05) is 28.8 Å². The number of Topliss-reactive ketones (excluding diaryl/α,β-unsaturated/α-hetero) is 1. The zero-order valence-corrected chi connectivity index (χ0v) is 12.7. The second-order valence-corrected chi connectivity index (χ2v) is 5.93. The molecule has 1 amide bonds. The lowest BCUT2D eigenvalue weighted by Crippen LogP contribution is -2.40. The molecule has 4 heteroatoms. The summed E-state index contributed by atoms with van der Waals surface area (Å²) in [7, 11) is 0. The number of rotatable bonds is 2. The SMILES string of the molecule is CC1Cc2ccccc2N1C(=O)C(=O)c1c[nH]c2ccccc12. The summed E-state index contributed by atoms with van der Waals surface area (Å²) in [4.78, 5) is 30.3. The van der Waals surface area contributed by atoms with Crippen LogP contribution in [0.3, 0.4) is 0 Å². The third kappa shape index (κ3) is 2.06. The number of amides is 1. The van der Waals surface area contributed by atoms with Gasteiger partial charge in [-0.3, -0.25) is 9.59 Å². The van der Waals surface area contributed by atoms with Crippen molar-refractivity contribution in [3.8, 4) is 0 Å². The van der Waals surface area contributed by atoms with Crippen molar-refractivity contribution in [1.82, 2.24) is 4.98 Å². The number of carbonyl (C=O) groups excluding carboxylic acids is 2. The Hall–Kier alpha value is -2.88. The number of nitrogens with zero attached hydrogens (tertiary/aromatic N) is 1. The van der Waals surface area contributed by atoms with Crippen LogP contribution in [0.4, 0.5) is 5.69 Å². The van der Waals surface area contributed by atoms with E-state index in [-0.39, 0.29) is 6.04 Å². The van der Waals surface area contributed by atoms with Gasteiger partial charge in [-0.15, -0.1) is 0 Å². The molecule has 3 aromatic rings. The van der Waals surface area contributed by atoms with Gasteiger partial charge in [0.05, 0.1) is 5.56 Å². The molecule has 0 saturated heterocycles. The molecule has 1 aromatic heterocycles. The van der Waals surface area contributed by atoms with E-state index < -0.39 is 11.7 Å². The maximum absolute atomic E-state index is 12.8. The van der Waals surface area contributed by atoms with Crippen molar-refractivity contribution in [2.45, 2.75) is 19.4 Å². The lowest BCUT2D eigenvalue weighted by atomic mass is 10.1. The third-order valence-corrected chi connectivity index (χ3v) is 4.45. The summed E-state index contributed by atoms with van der Waals surface area (Å²) in [6.45, 7) is 1.97. The van der Waals surface area contributed by atoms with Crippen LogP contribution in [0.5, 0.6) is 0 Å². The van der Waals surface area contributed by atoms with Crippen molar-refractivity contribution in [3.63, 3.8) is 0 Å². The third-order valence-electron chi connectivity index (χ3n) is 4.45. The normalized spacial score (nSPS) is 16.6. The average molecular weight is 304 g/mol. The summed E-state index contributed by atoms with van der Waals surface area (Å²) in [6.07, 6.45) is 2.40. The van der Waals surface area contributed by atoms with Gasteiger partial charge in [-0.2, -0.15) is 0 Å². The van der Waals surface area contributed by atoms with Crippen LogP contribution < -0.4 is 4.90 Å². The molecule has 0 fully saturated rings. The zero-order valence-electron chi connectivity index (χ0n) is 12.7. The summed E-state index contributed by atoms with van der Waals surface area (Å²) in [5.41, 5.74) is 3.25. The molecule has 0 radical (unpaired) electrons. The van der Waals surface area contributed by atoms with E-state index >= 15 is 0 Å². The Morgan fingerprint density at radius 1 is 1.09 bits per heavy atom. The van der Waals surface area contributed by atoms with Gasteiger partial charge in [-0.25, -0.2) is 0 Å². The second kappa shape index (κ2) is 5.09. The number of anilines is 1. The Balaban J connectivity index is 1.73. The largest absolute Gasteiger partial charge is 0.360 e. The Kier molecular flexibility index (Phi) is 3.05. The number of hydrogen-bond acceptors (Lipinski definition) is 2. The van der Waals surface area contributed by atoms with Crippen LogP contribution >= 0.6 is 0 Å². The number of aromatic amines is 1. The number of H-pyrrole nitrogens is 1. The lowest BCUT2D eigenvalue weighted by molar-refractivity contribution is -0.114. The Morgan fingerprint density at radius 3 is 2.70 bits per heavy atom. The average Bonchev–Trinajstić information content (AvgIpc) is 3.13. The smallest absolute Gasteiger partial charge is 0.299 e. The van der Waals surface area contributed by atoms with Crippen molar-refractivity contribution >= 4 is 28.3 Å². The van der Waals surface area contributed by atoms with E-state index in [1.165, 1.54) is 0 Å². The van der Waals surface area contributed by atoms with E-state index in [9.17, 15) is 9.59 Å². The number of hydrogen-bond donors (Lipinski definition) is 1. The van der Waals surface area contributed by atoms with Crippen LogP contribution in [0.25, 0.3) is 10.9 Å². The molecule has 1 atom stereocenters. The lowest BCUT2D eigenvalue weighted by Gasteiger charge is -2.21. The minimum atomic E-state index is -0.467. The van der Waals surface area contributed by atoms with E-state index in [0.29, 0.717) is 5.56 Å². The zero-order chi connectivity index (χ0) is 16.0. The van der Waals surface area contributed by atoms with Gasteiger partial charge < -0.3 is 9.88 Å². The first kappa shape index (κ1) is 13.8. The number of benzene rings is 2. The first-order valence-electron chi connectivity index (χ1n) is 7.68. The fraction of sp³-hybridized carbons (Fsp3) is 0.158. The van der Waals surface area contributed by atoms with E-state index in [0.717, 1.165) is 28.6 Å². The summed E-state index contributed by atoms with van der Waals surface area (Å²) in [6, 6.07) is 15.3. The molecule has 1 N–H and O–H groups in total. The molecule has 4 rings (SSSR count). The molecule has 1 unspecified atom stereocenters. The van der Waals surface area contributed by atoms with Crippen molar-refractivity contribution in [2.75, 3.05) is 4.90 Å². The van der Waals surface area contributed by atoms with Crippen LogP contribution in [0.1, 0.15) is 22.8 Å². The number of nitrogens with one attached hydrogen (secondary N) is 1. The fourth-order valence-corrected chi connectivity index (χ4v) is 3.36. The van der Waals surface area contributed by atoms with Gasteiger partial charge in [-0.1, -0.05) is 36.4 Å². The maximum Gasteiger partial charge on any atom is 0.299 e. The van der Waals surface area contributed by atoms with E-state index in [2.05, 4.69) is 4.98 Å². The molecule has 1 aliphatic rings. The molecule has 23 heavy (non-hydrogen) atoms. The predicted octanol–water partition coefficient (Wildman–Crippen LogP) is 3.33. The summed E-state index contributed by atoms with van der Waals surface area (Å²) in [5, 5.41) is 0.783. The predicted molar refractivity (Wildman–Crippen MR) is 89.7 cm³/mol. The van der Waals surface area contributed by atoms with Crippen molar-refractivity contribution < 1.29 is 9.59 Å². The summed E-state index contributed by atoms with van der Waals surface area (Å²) >= 11 is 0. The van der Waals surface area contributed by atoms with Crippen molar-refractivity contribution in [1.29, 1.82) is 0 Å². The number of fused-ring (bicyclic) bond motifs is 2. The van der Waals surface area contributed by atoms with Gasteiger partial charge >= 0.3 is 0 Å². The molecule has 1 aliphatic heterocycles. The van der Waals surface area contributed by atoms with Gasteiger partial charge in [0.15, 0.2) is 0 Å².